The molecule has 0 amide bonds. The number of rotatable bonds is 2. The Morgan fingerprint density at radius 3 is 2.40 bits per heavy atom. The van der Waals surface area contributed by atoms with E-state index in [4.69, 9.17) is 0 Å². The lowest BCUT2D eigenvalue weighted by Gasteiger charge is -2.39. The van der Waals surface area contributed by atoms with Crippen LogP contribution in [0.15, 0.2) is 65.1 Å². The van der Waals surface area contributed by atoms with Crippen LogP contribution < -0.4 is 0 Å². The summed E-state index contributed by atoms with van der Waals surface area (Å²) in [7, 11) is 0. The first-order valence-electron chi connectivity index (χ1n) is 7.64. The van der Waals surface area contributed by atoms with Gasteiger partial charge >= 0.3 is 0 Å². The van der Waals surface area contributed by atoms with Gasteiger partial charge in [0.05, 0.1) is 0 Å². The van der Waals surface area contributed by atoms with Gasteiger partial charge in [-0.1, -0.05) is 73.9 Å². The predicted octanol–water partition coefficient (Wildman–Crippen LogP) is 5.59. The van der Waals surface area contributed by atoms with E-state index in [1.807, 2.05) is 0 Å². The van der Waals surface area contributed by atoms with E-state index < -0.39 is 0 Å². The summed E-state index contributed by atoms with van der Waals surface area (Å²) in [4.78, 5) is 1.15. The molecule has 104 valence electrons. The molecule has 20 heavy (non-hydrogen) atoms. The van der Waals surface area contributed by atoms with Crippen molar-refractivity contribution in [2.24, 2.45) is 0 Å². The van der Waals surface area contributed by atoms with Crippen LogP contribution in [-0.4, -0.2) is 0 Å². The van der Waals surface area contributed by atoms with Crippen LogP contribution in [0.1, 0.15) is 44.1 Å². The summed E-state index contributed by atoms with van der Waals surface area (Å²) in [5.74, 6) is 0. The molecule has 3 rings (SSSR count). The van der Waals surface area contributed by atoms with E-state index in [2.05, 4.69) is 67.3 Å². The summed E-state index contributed by atoms with van der Waals surface area (Å²) in [5.41, 5.74) is 3.16. The largest absolute Gasteiger partial charge is 0.148 e. The molecule has 0 saturated heterocycles. The third kappa shape index (κ3) is 2.64. The molecule has 0 unspecified atom stereocenters. The van der Waals surface area contributed by atoms with Crippen molar-refractivity contribution in [2.75, 3.05) is 0 Å². The Balaban J connectivity index is 2.07. The van der Waals surface area contributed by atoms with Gasteiger partial charge in [-0.15, -0.1) is 12.6 Å². The van der Waals surface area contributed by atoms with E-state index in [0.29, 0.717) is 0 Å². The van der Waals surface area contributed by atoms with E-state index in [1.165, 1.54) is 43.2 Å². The molecule has 0 aromatic heterocycles. The number of hydrogen-bond acceptors (Lipinski definition) is 1. The van der Waals surface area contributed by atoms with Crippen LogP contribution in [0.4, 0.5) is 0 Å². The first-order chi connectivity index (χ1) is 9.81. The summed E-state index contributed by atoms with van der Waals surface area (Å²) in [6.45, 7) is 0. The van der Waals surface area contributed by atoms with Crippen LogP contribution in [0.3, 0.4) is 0 Å². The number of benzene rings is 1. The van der Waals surface area contributed by atoms with Gasteiger partial charge < -0.3 is 0 Å². The highest BCUT2D eigenvalue weighted by Crippen LogP contribution is 2.46. The highest BCUT2D eigenvalue weighted by molar-refractivity contribution is 7.84. The maximum absolute atomic E-state index is 4.51. The molecule has 0 radical (unpaired) electrons. The molecule has 0 heterocycles. The molecule has 2 aliphatic rings. The quantitative estimate of drug-likeness (QED) is 0.672. The van der Waals surface area contributed by atoms with Crippen LogP contribution in [0, 0.1) is 0 Å². The fourth-order valence-electron chi connectivity index (χ4n) is 3.59. The van der Waals surface area contributed by atoms with Crippen LogP contribution in [-0.2, 0) is 5.41 Å². The van der Waals surface area contributed by atoms with E-state index in [-0.39, 0.29) is 5.41 Å². The molecule has 0 N–H and O–H groups in total. The Morgan fingerprint density at radius 2 is 1.65 bits per heavy atom. The van der Waals surface area contributed by atoms with Gasteiger partial charge in [-0.3, -0.25) is 0 Å². The summed E-state index contributed by atoms with van der Waals surface area (Å²) < 4.78 is 0. The monoisotopic (exact) mass is 282 g/mol. The van der Waals surface area contributed by atoms with E-state index in [9.17, 15) is 0 Å². The van der Waals surface area contributed by atoms with Crippen molar-refractivity contribution in [3.8, 4) is 0 Å². The maximum Gasteiger partial charge on any atom is 0.0202 e. The smallest absolute Gasteiger partial charge is 0.0202 e. The lowest BCUT2D eigenvalue weighted by atomic mass is 9.64. The Labute approximate surface area is 127 Å². The third-order valence-electron chi connectivity index (χ3n) is 4.67. The highest BCUT2D eigenvalue weighted by Gasteiger charge is 2.36. The topological polar surface area (TPSA) is 0 Å². The minimum atomic E-state index is 0.213. The molecule has 1 aromatic carbocycles. The normalized spacial score (nSPS) is 21.9. The molecule has 1 saturated carbocycles. The molecule has 0 bridgehead atoms. The Hall–Kier alpha value is -1.21. The van der Waals surface area contributed by atoms with Crippen molar-refractivity contribution in [2.45, 2.75) is 43.9 Å². The van der Waals surface area contributed by atoms with Gasteiger partial charge in [0.1, 0.15) is 0 Å². The van der Waals surface area contributed by atoms with Crippen LogP contribution in [0.25, 0.3) is 0 Å². The standard InChI is InChI=1S/C19H22S/c20-18-11-7-10-17(12-13-18)19(14-5-2-6-15-19)16-8-3-1-4-9-16/h1,3-4,7-10,12-13,20H,2,5-6,11,14-15H2. The van der Waals surface area contributed by atoms with Crippen LogP contribution in [0.5, 0.6) is 0 Å². The molecule has 1 heteroatoms. The van der Waals surface area contributed by atoms with E-state index in [0.717, 1.165) is 11.3 Å². The van der Waals surface area contributed by atoms with Gasteiger partial charge in [0.15, 0.2) is 0 Å². The van der Waals surface area contributed by atoms with Crippen LogP contribution >= 0.6 is 12.6 Å². The zero-order valence-electron chi connectivity index (χ0n) is 11.9. The van der Waals surface area contributed by atoms with Gasteiger partial charge in [0.2, 0.25) is 0 Å². The lowest BCUT2D eigenvalue weighted by molar-refractivity contribution is 0.345. The van der Waals surface area contributed by atoms with Crippen molar-refractivity contribution < 1.29 is 0 Å². The summed E-state index contributed by atoms with van der Waals surface area (Å²) in [6.07, 6.45) is 16.6. The highest BCUT2D eigenvalue weighted by atomic mass is 32.1. The fourth-order valence-corrected chi connectivity index (χ4v) is 3.77. The van der Waals surface area contributed by atoms with Crippen LogP contribution in [0.2, 0.25) is 0 Å². The zero-order chi connectivity index (χ0) is 13.8. The molecule has 2 aliphatic carbocycles. The first-order valence-corrected chi connectivity index (χ1v) is 8.08. The van der Waals surface area contributed by atoms with Crippen molar-refractivity contribution in [3.05, 3.63) is 70.7 Å². The lowest BCUT2D eigenvalue weighted by Crippen LogP contribution is -2.30. The molecule has 0 spiro atoms. The van der Waals surface area contributed by atoms with Gasteiger partial charge in [-0.25, -0.2) is 0 Å². The van der Waals surface area contributed by atoms with Gasteiger partial charge in [-0.2, -0.15) is 0 Å². The molecule has 1 aromatic rings. The van der Waals surface area contributed by atoms with Crippen molar-refractivity contribution in [1.82, 2.24) is 0 Å². The Bertz CT molecular complexity index is 542. The minimum absolute atomic E-state index is 0.213. The minimum Gasteiger partial charge on any atom is -0.148 e. The van der Waals surface area contributed by atoms with E-state index >= 15 is 0 Å². The SMILES string of the molecule is SC1=CC=C(C2(c3ccccc3)CCCCC2)C=CC1. The molecule has 0 atom stereocenters. The summed E-state index contributed by atoms with van der Waals surface area (Å²) >= 11 is 4.51. The fraction of sp³-hybridized carbons (Fsp3) is 0.368. The van der Waals surface area contributed by atoms with E-state index in [1.54, 1.807) is 0 Å². The average Bonchev–Trinajstić information content (AvgIpc) is 2.74. The average molecular weight is 282 g/mol. The van der Waals surface area contributed by atoms with Crippen molar-refractivity contribution in [1.29, 1.82) is 0 Å². The number of hydrogen-bond donors (Lipinski definition) is 1. The third-order valence-corrected chi connectivity index (χ3v) is 5.00. The maximum atomic E-state index is 4.51. The van der Waals surface area contributed by atoms with Gasteiger partial charge in [0, 0.05) is 5.41 Å². The molecule has 0 nitrogen and oxygen atoms in total. The predicted molar refractivity (Wildman–Crippen MR) is 90.1 cm³/mol. The van der Waals surface area contributed by atoms with Crippen molar-refractivity contribution >= 4 is 12.6 Å². The molecular weight excluding hydrogens is 260 g/mol. The van der Waals surface area contributed by atoms with Crippen molar-refractivity contribution in [3.63, 3.8) is 0 Å². The molecule has 1 fully saturated rings. The second kappa shape index (κ2) is 6.05. The Morgan fingerprint density at radius 1 is 0.900 bits per heavy atom. The molecular formula is C19H22S. The first kappa shape index (κ1) is 13.8. The second-order valence-electron chi connectivity index (χ2n) is 5.90. The van der Waals surface area contributed by atoms with Gasteiger partial charge in [-0.05, 0) is 35.3 Å². The summed E-state index contributed by atoms with van der Waals surface area (Å²) in [6, 6.07) is 11.1. The summed E-state index contributed by atoms with van der Waals surface area (Å²) in [5, 5.41) is 0. The zero-order valence-corrected chi connectivity index (χ0v) is 12.8. The van der Waals surface area contributed by atoms with Gasteiger partial charge in [0.25, 0.3) is 0 Å². The number of thiol groups is 1. The second-order valence-corrected chi connectivity index (χ2v) is 6.47. The number of allylic oxidation sites excluding steroid dienone is 6. The Kier molecular flexibility index (Phi) is 4.16. The molecule has 0 aliphatic heterocycles.